The second kappa shape index (κ2) is 8.00. The minimum atomic E-state index is -0.269. The van der Waals surface area contributed by atoms with E-state index < -0.39 is 0 Å². The molecule has 0 radical (unpaired) electrons. The Morgan fingerprint density at radius 2 is 2.16 bits per heavy atom. The van der Waals surface area contributed by atoms with Gasteiger partial charge in [0.05, 0.1) is 18.5 Å². The SMILES string of the molecule is CCCCNC(=O)c1nc(C(=O)NCc2ccco2)c2n1CCCC2. The molecule has 0 bridgehead atoms. The number of carbonyl (C=O) groups is 2. The van der Waals surface area contributed by atoms with E-state index in [1.165, 1.54) is 0 Å². The molecule has 1 aliphatic rings. The molecule has 134 valence electrons. The summed E-state index contributed by atoms with van der Waals surface area (Å²) in [6.45, 7) is 3.73. The Morgan fingerprint density at radius 1 is 1.28 bits per heavy atom. The Hall–Kier alpha value is -2.57. The number of aromatic nitrogens is 2. The molecule has 3 heterocycles. The van der Waals surface area contributed by atoms with E-state index in [1.54, 1.807) is 18.4 Å². The highest BCUT2D eigenvalue weighted by Gasteiger charge is 2.27. The monoisotopic (exact) mass is 344 g/mol. The van der Waals surface area contributed by atoms with Gasteiger partial charge in [-0.1, -0.05) is 13.3 Å². The molecule has 2 aromatic heterocycles. The third kappa shape index (κ3) is 3.92. The molecule has 0 unspecified atom stereocenters. The Labute approximate surface area is 146 Å². The molecule has 0 spiro atoms. The number of hydrogen-bond donors (Lipinski definition) is 2. The molecule has 0 aromatic carbocycles. The summed E-state index contributed by atoms with van der Waals surface area (Å²) in [7, 11) is 0. The highest BCUT2D eigenvalue weighted by molar-refractivity contribution is 5.97. The van der Waals surface area contributed by atoms with Crippen molar-refractivity contribution in [3.05, 3.63) is 41.4 Å². The van der Waals surface area contributed by atoms with Gasteiger partial charge in [0.15, 0.2) is 5.82 Å². The van der Waals surface area contributed by atoms with Crippen LogP contribution in [0.25, 0.3) is 0 Å². The summed E-state index contributed by atoms with van der Waals surface area (Å²) in [5.41, 5.74) is 1.20. The second-order valence-corrected chi connectivity index (χ2v) is 6.21. The summed E-state index contributed by atoms with van der Waals surface area (Å²) in [5, 5.41) is 5.70. The molecule has 0 saturated carbocycles. The molecule has 1 aliphatic heterocycles. The van der Waals surface area contributed by atoms with E-state index >= 15 is 0 Å². The van der Waals surface area contributed by atoms with E-state index in [-0.39, 0.29) is 11.8 Å². The van der Waals surface area contributed by atoms with Crippen LogP contribution in [0, 0.1) is 0 Å². The number of amides is 2. The topological polar surface area (TPSA) is 89.2 Å². The number of nitrogens with zero attached hydrogens (tertiary/aromatic N) is 2. The first-order valence-electron chi connectivity index (χ1n) is 8.89. The largest absolute Gasteiger partial charge is 0.467 e. The minimum Gasteiger partial charge on any atom is -0.467 e. The molecular weight excluding hydrogens is 320 g/mol. The first kappa shape index (κ1) is 17.3. The van der Waals surface area contributed by atoms with Crippen molar-refractivity contribution in [2.45, 2.75) is 52.1 Å². The van der Waals surface area contributed by atoms with Crippen molar-refractivity contribution in [1.29, 1.82) is 0 Å². The van der Waals surface area contributed by atoms with E-state index in [1.807, 2.05) is 4.57 Å². The molecule has 25 heavy (non-hydrogen) atoms. The molecule has 2 amide bonds. The standard InChI is InChI=1S/C18H24N4O3/c1-2-3-9-19-18(24)16-21-15(14-8-4-5-10-22(14)16)17(23)20-12-13-7-6-11-25-13/h6-7,11H,2-5,8-10,12H2,1H3,(H,19,24)(H,20,23). The lowest BCUT2D eigenvalue weighted by atomic mass is 10.1. The fourth-order valence-electron chi connectivity index (χ4n) is 3.02. The zero-order valence-electron chi connectivity index (χ0n) is 14.5. The molecule has 0 atom stereocenters. The second-order valence-electron chi connectivity index (χ2n) is 6.21. The number of fused-ring (bicyclic) bond motifs is 1. The average Bonchev–Trinajstić information content (AvgIpc) is 3.27. The van der Waals surface area contributed by atoms with Crippen LogP contribution in [-0.4, -0.2) is 27.9 Å². The number of nitrogens with one attached hydrogen (secondary N) is 2. The van der Waals surface area contributed by atoms with Gasteiger partial charge in [0, 0.05) is 13.1 Å². The van der Waals surface area contributed by atoms with Gasteiger partial charge in [0.25, 0.3) is 11.8 Å². The molecule has 3 rings (SSSR count). The maximum atomic E-state index is 12.5. The van der Waals surface area contributed by atoms with Crippen LogP contribution in [0.1, 0.15) is 65.2 Å². The van der Waals surface area contributed by atoms with Crippen LogP contribution >= 0.6 is 0 Å². The van der Waals surface area contributed by atoms with Gasteiger partial charge in [0.2, 0.25) is 0 Å². The van der Waals surface area contributed by atoms with E-state index in [4.69, 9.17) is 4.42 Å². The summed E-state index contributed by atoms with van der Waals surface area (Å²) >= 11 is 0. The van der Waals surface area contributed by atoms with Crippen molar-refractivity contribution in [2.24, 2.45) is 0 Å². The lowest BCUT2D eigenvalue weighted by molar-refractivity contribution is 0.0937. The van der Waals surface area contributed by atoms with Gasteiger partial charge in [-0.15, -0.1) is 0 Å². The average molecular weight is 344 g/mol. The fourth-order valence-corrected chi connectivity index (χ4v) is 3.02. The number of hydrogen-bond acceptors (Lipinski definition) is 4. The Bertz CT molecular complexity index is 734. The third-order valence-corrected chi connectivity index (χ3v) is 4.36. The van der Waals surface area contributed by atoms with Gasteiger partial charge in [-0.25, -0.2) is 4.98 Å². The predicted molar refractivity (Wildman–Crippen MR) is 92.3 cm³/mol. The van der Waals surface area contributed by atoms with E-state index in [9.17, 15) is 9.59 Å². The Morgan fingerprint density at radius 3 is 2.92 bits per heavy atom. The lowest BCUT2D eigenvalue weighted by Gasteiger charge is -2.17. The van der Waals surface area contributed by atoms with Crippen molar-refractivity contribution in [3.8, 4) is 0 Å². The summed E-state index contributed by atoms with van der Waals surface area (Å²) < 4.78 is 7.12. The van der Waals surface area contributed by atoms with Crippen LogP contribution in [0.5, 0.6) is 0 Å². The first-order chi connectivity index (χ1) is 12.2. The quantitative estimate of drug-likeness (QED) is 0.754. The fraction of sp³-hybridized carbons (Fsp3) is 0.500. The predicted octanol–water partition coefficient (Wildman–Crippen LogP) is 2.27. The highest BCUT2D eigenvalue weighted by atomic mass is 16.3. The molecule has 0 aliphatic carbocycles. The molecular formula is C18H24N4O3. The van der Waals surface area contributed by atoms with Crippen LogP contribution in [0.4, 0.5) is 0 Å². The van der Waals surface area contributed by atoms with Crippen molar-refractivity contribution in [3.63, 3.8) is 0 Å². The molecule has 2 N–H and O–H groups in total. The Balaban J connectivity index is 1.76. The number of carbonyl (C=O) groups excluding carboxylic acids is 2. The van der Waals surface area contributed by atoms with Gasteiger partial charge in [-0.2, -0.15) is 0 Å². The normalized spacial score (nSPS) is 13.3. The summed E-state index contributed by atoms with van der Waals surface area (Å²) in [4.78, 5) is 29.4. The van der Waals surface area contributed by atoms with Crippen LogP contribution in [0.2, 0.25) is 0 Å². The number of imidazole rings is 1. The zero-order valence-corrected chi connectivity index (χ0v) is 14.5. The molecule has 2 aromatic rings. The maximum absolute atomic E-state index is 12.5. The molecule has 0 saturated heterocycles. The molecule has 0 fully saturated rings. The lowest BCUT2D eigenvalue weighted by Crippen LogP contribution is -2.28. The van der Waals surface area contributed by atoms with Gasteiger partial charge in [-0.05, 0) is 37.8 Å². The van der Waals surface area contributed by atoms with Crippen LogP contribution in [0.3, 0.4) is 0 Å². The van der Waals surface area contributed by atoms with Crippen molar-refractivity contribution < 1.29 is 14.0 Å². The smallest absolute Gasteiger partial charge is 0.287 e. The van der Waals surface area contributed by atoms with E-state index in [0.29, 0.717) is 30.4 Å². The number of rotatable bonds is 7. The number of unbranched alkanes of at least 4 members (excludes halogenated alkanes) is 1. The highest BCUT2D eigenvalue weighted by Crippen LogP contribution is 2.21. The van der Waals surface area contributed by atoms with Gasteiger partial charge in [-0.3, -0.25) is 9.59 Å². The molecule has 7 heteroatoms. The first-order valence-corrected chi connectivity index (χ1v) is 8.89. The zero-order chi connectivity index (χ0) is 17.6. The van der Waals surface area contributed by atoms with Crippen molar-refractivity contribution in [1.82, 2.24) is 20.2 Å². The van der Waals surface area contributed by atoms with E-state index in [2.05, 4.69) is 22.5 Å². The van der Waals surface area contributed by atoms with Crippen molar-refractivity contribution in [2.75, 3.05) is 6.54 Å². The minimum absolute atomic E-state index is 0.207. The van der Waals surface area contributed by atoms with Gasteiger partial charge in [0.1, 0.15) is 11.5 Å². The van der Waals surface area contributed by atoms with Gasteiger partial charge >= 0.3 is 0 Å². The maximum Gasteiger partial charge on any atom is 0.287 e. The van der Waals surface area contributed by atoms with Crippen LogP contribution < -0.4 is 10.6 Å². The third-order valence-electron chi connectivity index (χ3n) is 4.36. The van der Waals surface area contributed by atoms with Crippen LogP contribution in [0.15, 0.2) is 22.8 Å². The number of furan rings is 1. The molecule has 7 nitrogen and oxygen atoms in total. The summed E-state index contributed by atoms with van der Waals surface area (Å²) in [5.74, 6) is 0.546. The van der Waals surface area contributed by atoms with Gasteiger partial charge < -0.3 is 19.6 Å². The van der Waals surface area contributed by atoms with Crippen LogP contribution in [-0.2, 0) is 19.5 Å². The van der Waals surface area contributed by atoms with Crippen molar-refractivity contribution >= 4 is 11.8 Å². The Kier molecular flexibility index (Phi) is 5.53. The van der Waals surface area contributed by atoms with E-state index in [0.717, 1.165) is 44.3 Å². The summed E-state index contributed by atoms with van der Waals surface area (Å²) in [6, 6.07) is 3.58. The summed E-state index contributed by atoms with van der Waals surface area (Å²) in [6.07, 6.45) is 6.26.